The molecule has 0 bridgehead atoms. The van der Waals surface area contributed by atoms with Crippen molar-refractivity contribution in [3.8, 4) is 0 Å². The zero-order valence-electron chi connectivity index (χ0n) is 8.86. The van der Waals surface area contributed by atoms with Gasteiger partial charge in [-0.3, -0.25) is 4.79 Å². The van der Waals surface area contributed by atoms with Gasteiger partial charge in [0.1, 0.15) is 6.54 Å². The van der Waals surface area contributed by atoms with Gasteiger partial charge in [-0.1, -0.05) is 11.8 Å². The van der Waals surface area contributed by atoms with Crippen LogP contribution in [0.25, 0.3) is 0 Å². The second-order valence-electron chi connectivity index (χ2n) is 2.98. The van der Waals surface area contributed by atoms with E-state index in [0.29, 0.717) is 11.2 Å². The van der Waals surface area contributed by atoms with Crippen molar-refractivity contribution in [2.45, 2.75) is 24.8 Å². The first-order chi connectivity index (χ1) is 7.92. The van der Waals surface area contributed by atoms with Crippen molar-refractivity contribution >= 4 is 17.7 Å². The molecular weight excluding hydrogens is 259 g/mol. The molecule has 1 amide bonds. The molecule has 1 heterocycles. The Bertz CT molecular complexity index is 380. The van der Waals surface area contributed by atoms with Crippen LogP contribution in [0.2, 0.25) is 0 Å². The Morgan fingerprint density at radius 3 is 2.82 bits per heavy atom. The minimum Gasteiger partial charge on any atom is -0.356 e. The van der Waals surface area contributed by atoms with Crippen LogP contribution in [0, 0.1) is 0 Å². The molecule has 0 unspecified atom stereocenters. The number of thioether (sulfide) groups is 1. The molecule has 0 spiro atoms. The van der Waals surface area contributed by atoms with Crippen LogP contribution in [0.15, 0.2) is 5.16 Å². The van der Waals surface area contributed by atoms with E-state index in [4.69, 9.17) is 0 Å². The van der Waals surface area contributed by atoms with E-state index in [1.165, 1.54) is 0 Å². The third-order valence-electron chi connectivity index (χ3n) is 1.53. The second-order valence-corrected chi connectivity index (χ2v) is 3.92. The lowest BCUT2D eigenvalue weighted by Gasteiger charge is -2.07. The Morgan fingerprint density at radius 1 is 1.53 bits per heavy atom. The number of alkyl halides is 3. The van der Waals surface area contributed by atoms with Crippen molar-refractivity contribution in [2.75, 3.05) is 12.3 Å². The fourth-order valence-electron chi connectivity index (χ4n) is 0.947. The van der Waals surface area contributed by atoms with Gasteiger partial charge in [-0.2, -0.15) is 13.2 Å². The first kappa shape index (κ1) is 13.7. The number of tetrazole rings is 1. The van der Waals surface area contributed by atoms with Crippen LogP contribution in [-0.2, 0) is 11.3 Å². The average molecular weight is 269 g/mol. The summed E-state index contributed by atoms with van der Waals surface area (Å²) >= 11 is 0.857. The summed E-state index contributed by atoms with van der Waals surface area (Å²) in [6, 6.07) is 0. The van der Waals surface area contributed by atoms with Gasteiger partial charge >= 0.3 is 6.18 Å². The number of aromatic nitrogens is 4. The topological polar surface area (TPSA) is 72.7 Å². The summed E-state index contributed by atoms with van der Waals surface area (Å²) in [5, 5.41) is 12.2. The van der Waals surface area contributed by atoms with Crippen LogP contribution < -0.4 is 5.32 Å². The highest BCUT2D eigenvalue weighted by molar-refractivity contribution is 7.99. The molecular formula is C7H10F3N5OS. The van der Waals surface area contributed by atoms with Crippen LogP contribution >= 0.6 is 11.8 Å². The van der Waals surface area contributed by atoms with Crippen molar-refractivity contribution in [1.82, 2.24) is 25.5 Å². The largest absolute Gasteiger partial charge is 0.408 e. The average Bonchev–Trinajstić information content (AvgIpc) is 2.60. The van der Waals surface area contributed by atoms with Crippen LogP contribution in [0.1, 0.15) is 6.92 Å². The minimum absolute atomic E-state index is 0.0218. The van der Waals surface area contributed by atoms with Crippen LogP contribution in [0.3, 0.4) is 0 Å². The fourth-order valence-corrected chi connectivity index (χ4v) is 1.65. The van der Waals surface area contributed by atoms with Gasteiger partial charge in [0.2, 0.25) is 11.1 Å². The molecule has 1 aromatic heterocycles. The van der Waals surface area contributed by atoms with E-state index in [1.54, 1.807) is 6.92 Å². The fraction of sp³-hybridized carbons (Fsp3) is 0.714. The number of carbonyl (C=O) groups excluding carboxylic acids is 1. The highest BCUT2D eigenvalue weighted by Crippen LogP contribution is 2.20. The van der Waals surface area contributed by atoms with Crippen molar-refractivity contribution in [2.24, 2.45) is 0 Å². The summed E-state index contributed by atoms with van der Waals surface area (Å²) < 4.78 is 37.0. The number of nitrogens with zero attached hydrogens (tertiary/aromatic N) is 4. The molecule has 6 nitrogen and oxygen atoms in total. The van der Waals surface area contributed by atoms with E-state index in [2.05, 4.69) is 20.8 Å². The number of hydrogen-bond donors (Lipinski definition) is 1. The first-order valence-electron chi connectivity index (χ1n) is 4.65. The quantitative estimate of drug-likeness (QED) is 0.786. The van der Waals surface area contributed by atoms with Gasteiger partial charge in [0, 0.05) is 6.54 Å². The Labute approximate surface area is 98.9 Å². The van der Waals surface area contributed by atoms with E-state index in [0.717, 1.165) is 11.8 Å². The number of carbonyl (C=O) groups is 1. The first-order valence-corrected chi connectivity index (χ1v) is 5.63. The number of halogens is 3. The van der Waals surface area contributed by atoms with Crippen LogP contribution in [0.4, 0.5) is 13.2 Å². The van der Waals surface area contributed by atoms with E-state index >= 15 is 0 Å². The van der Waals surface area contributed by atoms with Gasteiger partial charge in [0.15, 0.2) is 0 Å². The van der Waals surface area contributed by atoms with Crippen molar-refractivity contribution in [1.29, 1.82) is 0 Å². The molecule has 0 saturated heterocycles. The lowest BCUT2D eigenvalue weighted by molar-refractivity contribution is -0.144. The lowest BCUT2D eigenvalue weighted by Crippen LogP contribution is -2.25. The SMILES string of the molecule is CCNC(=O)CSc1nnnn1CC(F)(F)F. The van der Waals surface area contributed by atoms with Gasteiger partial charge in [-0.25, -0.2) is 4.68 Å². The maximum atomic E-state index is 12.1. The molecule has 17 heavy (non-hydrogen) atoms. The summed E-state index contributed by atoms with van der Waals surface area (Å²) in [6.45, 7) is 0.945. The Morgan fingerprint density at radius 2 is 2.24 bits per heavy atom. The van der Waals surface area contributed by atoms with Gasteiger partial charge in [-0.15, -0.1) is 5.10 Å². The molecule has 96 valence electrons. The zero-order valence-corrected chi connectivity index (χ0v) is 9.68. The molecule has 1 rings (SSSR count). The predicted molar refractivity (Wildman–Crippen MR) is 53.3 cm³/mol. The van der Waals surface area contributed by atoms with Gasteiger partial charge in [-0.05, 0) is 17.4 Å². The maximum absolute atomic E-state index is 12.1. The normalized spacial score (nSPS) is 11.5. The van der Waals surface area contributed by atoms with Gasteiger partial charge in [0.25, 0.3) is 0 Å². The molecule has 0 atom stereocenters. The Kier molecular flexibility index (Phi) is 4.73. The van der Waals surface area contributed by atoms with E-state index < -0.39 is 12.7 Å². The number of nitrogens with one attached hydrogen (secondary N) is 1. The molecule has 1 aromatic rings. The lowest BCUT2D eigenvalue weighted by atomic mass is 10.6. The maximum Gasteiger partial charge on any atom is 0.408 e. The van der Waals surface area contributed by atoms with E-state index in [1.807, 2.05) is 0 Å². The summed E-state index contributed by atoms with van der Waals surface area (Å²) in [4.78, 5) is 11.1. The third kappa shape index (κ3) is 5.02. The van der Waals surface area contributed by atoms with Crippen LogP contribution in [0.5, 0.6) is 0 Å². The van der Waals surface area contributed by atoms with Gasteiger partial charge < -0.3 is 5.32 Å². The number of rotatable bonds is 5. The van der Waals surface area contributed by atoms with Crippen molar-refractivity contribution < 1.29 is 18.0 Å². The molecule has 0 radical (unpaired) electrons. The summed E-state index contributed by atoms with van der Waals surface area (Å²) in [6.07, 6.45) is -4.39. The number of amides is 1. The van der Waals surface area contributed by atoms with E-state index in [-0.39, 0.29) is 16.8 Å². The minimum atomic E-state index is -4.39. The molecule has 1 N–H and O–H groups in total. The van der Waals surface area contributed by atoms with E-state index in [9.17, 15) is 18.0 Å². The highest BCUT2D eigenvalue weighted by atomic mass is 32.2. The molecule has 0 aliphatic heterocycles. The zero-order chi connectivity index (χ0) is 12.9. The monoisotopic (exact) mass is 269 g/mol. The molecule has 0 aromatic carbocycles. The smallest absolute Gasteiger partial charge is 0.356 e. The summed E-state index contributed by atoms with van der Waals surface area (Å²) in [5.74, 6) is -0.300. The van der Waals surface area contributed by atoms with Crippen molar-refractivity contribution in [3.05, 3.63) is 0 Å². The summed E-state index contributed by atoms with van der Waals surface area (Å²) in [5.41, 5.74) is 0. The predicted octanol–water partition coefficient (Wildman–Crippen LogP) is 0.464. The molecule has 0 fully saturated rings. The standard InChI is InChI=1S/C7H10F3N5OS/c1-2-11-5(16)3-17-6-12-13-14-15(6)4-7(8,9)10/h2-4H2,1H3,(H,11,16). The number of hydrogen-bond acceptors (Lipinski definition) is 5. The second kappa shape index (κ2) is 5.84. The molecule has 0 saturated carbocycles. The summed E-state index contributed by atoms with van der Waals surface area (Å²) in [7, 11) is 0. The van der Waals surface area contributed by atoms with Crippen LogP contribution in [-0.4, -0.2) is 44.6 Å². The Balaban J connectivity index is 2.54. The molecule has 10 heteroatoms. The highest BCUT2D eigenvalue weighted by Gasteiger charge is 2.30. The van der Waals surface area contributed by atoms with Crippen molar-refractivity contribution in [3.63, 3.8) is 0 Å². The molecule has 0 aliphatic carbocycles. The molecule has 0 aliphatic rings. The Hall–Kier alpha value is -1.32. The third-order valence-corrected chi connectivity index (χ3v) is 2.49. The van der Waals surface area contributed by atoms with Gasteiger partial charge in [0.05, 0.1) is 5.75 Å².